The molecule has 0 radical (unpaired) electrons. The van der Waals surface area contributed by atoms with E-state index >= 15 is 0 Å². The van der Waals surface area contributed by atoms with Gasteiger partial charge in [-0.3, -0.25) is 0 Å². The van der Waals surface area contributed by atoms with Gasteiger partial charge in [-0.2, -0.15) is 13.2 Å². The van der Waals surface area contributed by atoms with Crippen molar-refractivity contribution in [3.8, 4) is 0 Å². The van der Waals surface area contributed by atoms with E-state index in [9.17, 15) is 13.2 Å². The van der Waals surface area contributed by atoms with E-state index < -0.39 is 12.8 Å². The summed E-state index contributed by atoms with van der Waals surface area (Å²) in [6.07, 6.45) is -3.74. The topological polar surface area (TPSA) is 21.3 Å². The van der Waals surface area contributed by atoms with E-state index in [2.05, 4.69) is 10.1 Å². The predicted octanol–water partition coefficient (Wildman–Crippen LogP) is 3.81. The first-order valence-electron chi connectivity index (χ1n) is 5.55. The number of alkyl halides is 4. The molecule has 0 spiro atoms. The Kier molecular flexibility index (Phi) is 6.29. The highest BCUT2D eigenvalue weighted by molar-refractivity contribution is 6.17. The van der Waals surface area contributed by atoms with Gasteiger partial charge >= 0.3 is 6.18 Å². The number of anilines is 1. The van der Waals surface area contributed by atoms with Crippen molar-refractivity contribution < 1.29 is 17.9 Å². The number of rotatable bonds is 7. The van der Waals surface area contributed by atoms with Gasteiger partial charge in [0.05, 0.1) is 0 Å². The number of halogens is 4. The second kappa shape index (κ2) is 7.48. The molecule has 2 nitrogen and oxygen atoms in total. The molecule has 0 saturated carbocycles. The van der Waals surface area contributed by atoms with Gasteiger partial charge in [-0.05, 0) is 18.1 Å². The molecule has 1 aromatic rings. The molecule has 0 heterocycles. The Bertz CT molecular complexity index is 357. The zero-order chi connectivity index (χ0) is 13.4. The molecule has 102 valence electrons. The summed E-state index contributed by atoms with van der Waals surface area (Å²) in [5.41, 5.74) is 1.87. The van der Waals surface area contributed by atoms with E-state index in [1.807, 2.05) is 24.3 Å². The van der Waals surface area contributed by atoms with Crippen LogP contribution in [0.15, 0.2) is 24.3 Å². The maximum absolute atomic E-state index is 11.8. The SMILES string of the molecule is FC(F)(F)COCCCNc1ccccc1CCl. The van der Waals surface area contributed by atoms with Crippen molar-refractivity contribution in [2.45, 2.75) is 18.5 Å². The number of para-hydroxylation sites is 1. The summed E-state index contributed by atoms with van der Waals surface area (Å²) in [7, 11) is 0. The lowest BCUT2D eigenvalue weighted by atomic mass is 10.2. The molecule has 0 aliphatic heterocycles. The Morgan fingerprint density at radius 2 is 1.94 bits per heavy atom. The highest BCUT2D eigenvalue weighted by Gasteiger charge is 2.27. The minimum atomic E-state index is -4.25. The maximum Gasteiger partial charge on any atom is 0.411 e. The molecule has 0 unspecified atom stereocenters. The van der Waals surface area contributed by atoms with Crippen molar-refractivity contribution in [1.29, 1.82) is 0 Å². The number of hydrogen-bond donors (Lipinski definition) is 1. The molecule has 0 fully saturated rings. The smallest absolute Gasteiger partial charge is 0.385 e. The van der Waals surface area contributed by atoms with Crippen molar-refractivity contribution in [2.75, 3.05) is 25.1 Å². The summed E-state index contributed by atoms with van der Waals surface area (Å²) >= 11 is 5.76. The Morgan fingerprint density at radius 3 is 2.61 bits per heavy atom. The highest BCUT2D eigenvalue weighted by atomic mass is 35.5. The third kappa shape index (κ3) is 6.12. The molecular weight excluding hydrogens is 267 g/mol. The van der Waals surface area contributed by atoms with Gasteiger partial charge in [-0.1, -0.05) is 18.2 Å². The lowest BCUT2D eigenvalue weighted by Gasteiger charge is -2.11. The second-order valence-electron chi connectivity index (χ2n) is 3.74. The first-order valence-corrected chi connectivity index (χ1v) is 6.08. The van der Waals surface area contributed by atoms with Gasteiger partial charge in [0.15, 0.2) is 0 Å². The van der Waals surface area contributed by atoms with E-state index in [4.69, 9.17) is 11.6 Å². The molecule has 0 saturated heterocycles. The van der Waals surface area contributed by atoms with Crippen molar-refractivity contribution in [3.63, 3.8) is 0 Å². The predicted molar refractivity (Wildman–Crippen MR) is 66.0 cm³/mol. The number of hydrogen-bond acceptors (Lipinski definition) is 2. The second-order valence-corrected chi connectivity index (χ2v) is 4.01. The standard InChI is InChI=1S/C12H15ClF3NO/c13-8-10-4-1-2-5-11(10)17-6-3-7-18-9-12(14,15)16/h1-2,4-5,17H,3,6-9H2. The molecule has 0 atom stereocenters. The molecule has 0 bridgehead atoms. The fraction of sp³-hybridized carbons (Fsp3) is 0.500. The van der Waals surface area contributed by atoms with Crippen LogP contribution in [0.4, 0.5) is 18.9 Å². The third-order valence-electron chi connectivity index (χ3n) is 2.21. The van der Waals surface area contributed by atoms with Gasteiger partial charge in [0, 0.05) is 24.7 Å². The van der Waals surface area contributed by atoms with Crippen molar-refractivity contribution in [3.05, 3.63) is 29.8 Å². The summed E-state index contributed by atoms with van der Waals surface area (Å²) in [5.74, 6) is 0.397. The van der Waals surface area contributed by atoms with Crippen LogP contribution in [0.25, 0.3) is 0 Å². The van der Waals surface area contributed by atoms with E-state index in [0.717, 1.165) is 11.3 Å². The largest absolute Gasteiger partial charge is 0.411 e. The fourth-order valence-electron chi connectivity index (χ4n) is 1.39. The summed E-state index contributed by atoms with van der Waals surface area (Å²) in [6.45, 7) is -0.563. The van der Waals surface area contributed by atoms with Gasteiger partial charge in [0.2, 0.25) is 0 Å². The molecule has 1 aromatic carbocycles. The van der Waals surface area contributed by atoms with Gasteiger partial charge in [-0.15, -0.1) is 11.6 Å². The van der Waals surface area contributed by atoms with E-state index in [1.54, 1.807) is 0 Å². The van der Waals surface area contributed by atoms with Crippen LogP contribution in [0, 0.1) is 0 Å². The summed E-state index contributed by atoms with van der Waals surface area (Å²) < 4.78 is 39.8. The first-order chi connectivity index (χ1) is 8.53. The fourth-order valence-corrected chi connectivity index (χ4v) is 1.63. The molecule has 6 heteroatoms. The van der Waals surface area contributed by atoms with E-state index in [0.29, 0.717) is 18.8 Å². The Morgan fingerprint density at radius 1 is 1.22 bits per heavy atom. The average molecular weight is 282 g/mol. The van der Waals surface area contributed by atoms with Gasteiger partial charge in [0.25, 0.3) is 0 Å². The molecule has 0 aromatic heterocycles. The van der Waals surface area contributed by atoms with E-state index in [-0.39, 0.29) is 6.61 Å². The monoisotopic (exact) mass is 281 g/mol. The van der Waals surface area contributed by atoms with Crippen LogP contribution in [0.5, 0.6) is 0 Å². The third-order valence-corrected chi connectivity index (χ3v) is 2.50. The van der Waals surface area contributed by atoms with Crippen molar-refractivity contribution in [1.82, 2.24) is 0 Å². The minimum Gasteiger partial charge on any atom is -0.385 e. The van der Waals surface area contributed by atoms with Crippen LogP contribution in [-0.4, -0.2) is 25.9 Å². The van der Waals surface area contributed by atoms with Crippen LogP contribution < -0.4 is 5.32 Å². The molecule has 1 rings (SSSR count). The van der Waals surface area contributed by atoms with Gasteiger partial charge in [-0.25, -0.2) is 0 Å². The Hall–Kier alpha value is -0.940. The Labute approximate surface area is 109 Å². The van der Waals surface area contributed by atoms with Crippen LogP contribution in [0.1, 0.15) is 12.0 Å². The molecule has 0 aliphatic carbocycles. The van der Waals surface area contributed by atoms with Gasteiger partial charge in [0.1, 0.15) is 6.61 Å². The lowest BCUT2D eigenvalue weighted by molar-refractivity contribution is -0.173. The van der Waals surface area contributed by atoms with Crippen LogP contribution in [0.2, 0.25) is 0 Å². The molecular formula is C12H15ClF3NO. The van der Waals surface area contributed by atoms with Crippen molar-refractivity contribution in [2.24, 2.45) is 0 Å². The number of ether oxygens (including phenoxy) is 1. The summed E-state index contributed by atoms with van der Waals surface area (Å²) in [4.78, 5) is 0. The molecule has 18 heavy (non-hydrogen) atoms. The molecule has 0 aliphatic rings. The normalized spacial score (nSPS) is 11.6. The Balaban J connectivity index is 2.18. The average Bonchev–Trinajstić information content (AvgIpc) is 2.32. The number of benzene rings is 1. The quantitative estimate of drug-likeness (QED) is 0.606. The summed E-state index contributed by atoms with van der Waals surface area (Å²) in [6, 6.07) is 7.54. The highest BCUT2D eigenvalue weighted by Crippen LogP contribution is 2.17. The zero-order valence-corrected chi connectivity index (χ0v) is 10.5. The van der Waals surface area contributed by atoms with Crippen LogP contribution >= 0.6 is 11.6 Å². The van der Waals surface area contributed by atoms with E-state index in [1.165, 1.54) is 0 Å². The zero-order valence-electron chi connectivity index (χ0n) is 9.77. The van der Waals surface area contributed by atoms with Crippen molar-refractivity contribution >= 4 is 17.3 Å². The first kappa shape index (κ1) is 15.1. The number of nitrogens with one attached hydrogen (secondary N) is 1. The lowest BCUT2D eigenvalue weighted by Crippen LogP contribution is -2.18. The minimum absolute atomic E-state index is 0.0789. The maximum atomic E-state index is 11.8. The molecule has 1 N–H and O–H groups in total. The van der Waals surface area contributed by atoms with Crippen LogP contribution in [-0.2, 0) is 10.6 Å². The molecule has 0 amide bonds. The summed E-state index contributed by atoms with van der Waals surface area (Å²) in [5, 5.41) is 3.12. The van der Waals surface area contributed by atoms with Gasteiger partial charge < -0.3 is 10.1 Å². The van der Waals surface area contributed by atoms with Crippen LogP contribution in [0.3, 0.4) is 0 Å².